The van der Waals surface area contributed by atoms with Crippen molar-refractivity contribution in [2.24, 2.45) is 4.99 Å². The minimum absolute atomic E-state index is 0.0659. The van der Waals surface area contributed by atoms with Crippen molar-refractivity contribution in [3.05, 3.63) is 28.7 Å². The van der Waals surface area contributed by atoms with Crippen LogP contribution in [-0.4, -0.2) is 51.6 Å². The first-order valence-electron chi connectivity index (χ1n) is 7.62. The Morgan fingerprint density at radius 2 is 2.30 bits per heavy atom. The lowest BCUT2D eigenvalue weighted by molar-refractivity contribution is 0.328. The van der Waals surface area contributed by atoms with Gasteiger partial charge in [-0.2, -0.15) is 0 Å². The Hall–Kier alpha value is -1.28. The largest absolute Gasteiger partial charge is 0.492 e. The summed E-state index contributed by atoms with van der Waals surface area (Å²) in [5.41, 5.74) is 0. The quantitative estimate of drug-likeness (QED) is 0.428. The third kappa shape index (κ3) is 6.39. The Morgan fingerprint density at radius 3 is 2.96 bits per heavy atom. The molecule has 1 fully saturated rings. The monoisotopic (exact) mass is 403 g/mol. The number of benzene rings is 1. The fourth-order valence-corrected chi connectivity index (χ4v) is 4.35. The molecule has 128 valence electrons. The average Bonchev–Trinajstić information content (AvgIpc) is 2.83. The zero-order valence-electron chi connectivity index (χ0n) is 13.1. The molecule has 0 bridgehead atoms. The first-order chi connectivity index (χ1) is 11.0. The summed E-state index contributed by atoms with van der Waals surface area (Å²) in [6, 6.07) is 7.57. The predicted molar refractivity (Wildman–Crippen MR) is 95.8 cm³/mol. The van der Waals surface area contributed by atoms with E-state index in [1.807, 2.05) is 31.2 Å². The van der Waals surface area contributed by atoms with E-state index < -0.39 is 9.84 Å². The molecule has 0 aliphatic carbocycles. The van der Waals surface area contributed by atoms with Gasteiger partial charge in [-0.15, -0.1) is 0 Å². The molecular formula is C15H22BrN3O3S. The first kappa shape index (κ1) is 18.1. The van der Waals surface area contributed by atoms with Crippen LogP contribution in [-0.2, 0) is 9.84 Å². The van der Waals surface area contributed by atoms with Crippen LogP contribution in [0, 0.1) is 0 Å². The highest BCUT2D eigenvalue weighted by Gasteiger charge is 2.28. The molecule has 0 amide bonds. The summed E-state index contributed by atoms with van der Waals surface area (Å²) in [5, 5.41) is 6.30. The van der Waals surface area contributed by atoms with Gasteiger partial charge >= 0.3 is 0 Å². The number of nitrogens with zero attached hydrogens (tertiary/aromatic N) is 1. The number of hydrogen-bond acceptors (Lipinski definition) is 4. The lowest BCUT2D eigenvalue weighted by Crippen LogP contribution is -2.44. The van der Waals surface area contributed by atoms with Crippen molar-refractivity contribution < 1.29 is 13.2 Å². The molecule has 1 aliphatic heterocycles. The van der Waals surface area contributed by atoms with E-state index in [0.717, 1.165) is 16.8 Å². The van der Waals surface area contributed by atoms with E-state index in [0.29, 0.717) is 25.5 Å². The van der Waals surface area contributed by atoms with Gasteiger partial charge in [-0.3, -0.25) is 0 Å². The van der Waals surface area contributed by atoms with E-state index in [1.165, 1.54) is 0 Å². The fraction of sp³-hybridized carbons (Fsp3) is 0.533. The number of aliphatic imine (C=N–C) groups is 1. The first-order valence-corrected chi connectivity index (χ1v) is 10.2. The topological polar surface area (TPSA) is 79.8 Å². The lowest BCUT2D eigenvalue weighted by Gasteiger charge is -2.15. The Kier molecular flexibility index (Phi) is 6.71. The second-order valence-electron chi connectivity index (χ2n) is 5.31. The molecule has 2 N–H and O–H groups in total. The van der Waals surface area contributed by atoms with E-state index in [9.17, 15) is 8.42 Å². The van der Waals surface area contributed by atoms with Gasteiger partial charge < -0.3 is 15.4 Å². The van der Waals surface area contributed by atoms with E-state index >= 15 is 0 Å². The normalized spacial score (nSPS) is 20.3. The van der Waals surface area contributed by atoms with Crippen molar-refractivity contribution in [2.45, 2.75) is 19.4 Å². The summed E-state index contributed by atoms with van der Waals surface area (Å²) < 4.78 is 29.6. The second-order valence-corrected chi connectivity index (χ2v) is 8.46. The van der Waals surface area contributed by atoms with Crippen LogP contribution in [0.25, 0.3) is 0 Å². The van der Waals surface area contributed by atoms with Gasteiger partial charge in [-0.1, -0.05) is 22.0 Å². The van der Waals surface area contributed by atoms with Crippen molar-refractivity contribution >= 4 is 31.7 Å². The highest BCUT2D eigenvalue weighted by Crippen LogP contribution is 2.17. The van der Waals surface area contributed by atoms with Gasteiger partial charge in [0.2, 0.25) is 0 Å². The van der Waals surface area contributed by atoms with Crippen molar-refractivity contribution in [3.63, 3.8) is 0 Å². The molecule has 1 aromatic rings. The predicted octanol–water partition coefficient (Wildman–Crippen LogP) is 1.57. The van der Waals surface area contributed by atoms with Gasteiger partial charge in [-0.05, 0) is 31.5 Å². The molecule has 2 rings (SSSR count). The molecule has 23 heavy (non-hydrogen) atoms. The number of ether oxygens (including phenoxy) is 1. The molecule has 1 atom stereocenters. The van der Waals surface area contributed by atoms with Gasteiger partial charge in [0.05, 0.1) is 18.1 Å². The highest BCUT2D eigenvalue weighted by atomic mass is 79.9. The van der Waals surface area contributed by atoms with E-state index in [4.69, 9.17) is 4.74 Å². The van der Waals surface area contributed by atoms with E-state index in [2.05, 4.69) is 31.6 Å². The molecule has 1 heterocycles. The van der Waals surface area contributed by atoms with Crippen LogP contribution in [0.1, 0.15) is 13.3 Å². The van der Waals surface area contributed by atoms with Crippen molar-refractivity contribution in [1.82, 2.24) is 10.6 Å². The summed E-state index contributed by atoms with van der Waals surface area (Å²) in [7, 11) is -2.90. The number of nitrogens with one attached hydrogen (secondary N) is 2. The van der Waals surface area contributed by atoms with E-state index in [-0.39, 0.29) is 17.5 Å². The van der Waals surface area contributed by atoms with Gasteiger partial charge in [0.1, 0.15) is 12.4 Å². The van der Waals surface area contributed by atoms with Gasteiger partial charge in [0.25, 0.3) is 0 Å². The standard InChI is InChI=1S/C15H22BrN3O3S/c1-2-17-15(19-13-6-9-23(20,21)11-13)18-7-8-22-14-5-3-4-12(16)10-14/h3-5,10,13H,2,6-9,11H2,1H3,(H2,17,18,19). The Labute approximate surface area is 145 Å². The number of sulfone groups is 1. The molecule has 8 heteroatoms. The maximum absolute atomic E-state index is 11.5. The van der Waals surface area contributed by atoms with Crippen LogP contribution in [0.3, 0.4) is 0 Å². The van der Waals surface area contributed by atoms with Gasteiger partial charge in [-0.25, -0.2) is 13.4 Å². The number of rotatable bonds is 6. The molecule has 6 nitrogen and oxygen atoms in total. The van der Waals surface area contributed by atoms with Gasteiger partial charge in [0.15, 0.2) is 15.8 Å². The molecule has 0 radical (unpaired) electrons. The maximum Gasteiger partial charge on any atom is 0.191 e. The number of hydrogen-bond donors (Lipinski definition) is 2. The summed E-state index contributed by atoms with van der Waals surface area (Å²) in [5.74, 6) is 1.84. The summed E-state index contributed by atoms with van der Waals surface area (Å²) in [6.45, 7) is 3.63. The summed E-state index contributed by atoms with van der Waals surface area (Å²) in [4.78, 5) is 4.43. The van der Waals surface area contributed by atoms with Crippen LogP contribution in [0.2, 0.25) is 0 Å². The molecule has 0 saturated carbocycles. The third-order valence-corrected chi connectivity index (χ3v) is 5.60. The van der Waals surface area contributed by atoms with Crippen LogP contribution in [0.4, 0.5) is 0 Å². The smallest absolute Gasteiger partial charge is 0.191 e. The molecule has 0 spiro atoms. The Morgan fingerprint density at radius 1 is 1.48 bits per heavy atom. The molecule has 0 aromatic heterocycles. The SMILES string of the molecule is CCNC(=NCCOc1cccc(Br)c1)NC1CCS(=O)(=O)C1. The van der Waals surface area contributed by atoms with Crippen LogP contribution in [0.15, 0.2) is 33.7 Å². The minimum atomic E-state index is -2.90. The zero-order valence-corrected chi connectivity index (χ0v) is 15.5. The summed E-state index contributed by atoms with van der Waals surface area (Å²) >= 11 is 3.40. The maximum atomic E-state index is 11.5. The molecule has 1 aliphatic rings. The highest BCUT2D eigenvalue weighted by molar-refractivity contribution is 9.10. The Balaban J connectivity index is 1.81. The van der Waals surface area contributed by atoms with Crippen molar-refractivity contribution in [1.29, 1.82) is 0 Å². The Bertz CT molecular complexity index is 649. The second kappa shape index (κ2) is 8.54. The molecule has 1 saturated heterocycles. The zero-order chi connectivity index (χ0) is 16.7. The molecular weight excluding hydrogens is 382 g/mol. The van der Waals surface area contributed by atoms with Gasteiger partial charge in [0, 0.05) is 17.1 Å². The van der Waals surface area contributed by atoms with Crippen molar-refractivity contribution in [2.75, 3.05) is 31.2 Å². The number of halogens is 1. The summed E-state index contributed by atoms with van der Waals surface area (Å²) in [6.07, 6.45) is 0.626. The van der Waals surface area contributed by atoms with E-state index in [1.54, 1.807) is 0 Å². The minimum Gasteiger partial charge on any atom is -0.492 e. The van der Waals surface area contributed by atoms with Crippen LogP contribution >= 0.6 is 15.9 Å². The third-order valence-electron chi connectivity index (χ3n) is 3.34. The number of guanidine groups is 1. The average molecular weight is 404 g/mol. The lowest BCUT2D eigenvalue weighted by atomic mass is 10.3. The van der Waals surface area contributed by atoms with Crippen LogP contribution < -0.4 is 15.4 Å². The fourth-order valence-electron chi connectivity index (χ4n) is 2.30. The van der Waals surface area contributed by atoms with Crippen LogP contribution in [0.5, 0.6) is 5.75 Å². The van der Waals surface area contributed by atoms with Crippen molar-refractivity contribution in [3.8, 4) is 5.75 Å². The molecule has 1 unspecified atom stereocenters. The molecule has 1 aromatic carbocycles.